The van der Waals surface area contributed by atoms with Crippen molar-refractivity contribution in [1.82, 2.24) is 9.78 Å². The standard InChI is InChI=1S/C4H5N2O5PS/c1-10-3-5-6(4(7)13-3)2-11-12(8)9/h2H2,1H3/p+1. The van der Waals surface area contributed by atoms with Gasteiger partial charge in [-0.15, -0.1) is 9.99 Å². The third-order valence-corrected chi connectivity index (χ3v) is 2.20. The Balaban J connectivity index is 2.71. The zero-order valence-corrected chi connectivity index (χ0v) is 8.25. The summed E-state index contributed by atoms with van der Waals surface area (Å²) in [5.41, 5.74) is 0. The molecule has 1 rings (SSSR count). The quantitative estimate of drug-likeness (QED) is 0.721. The molecule has 0 aliphatic carbocycles. The highest BCUT2D eigenvalue weighted by molar-refractivity contribution is 7.32. The molecular formula is C4H6N2O5PS+. The summed E-state index contributed by atoms with van der Waals surface area (Å²) in [4.78, 5) is 18.9. The van der Waals surface area contributed by atoms with E-state index in [9.17, 15) is 9.36 Å². The van der Waals surface area contributed by atoms with Gasteiger partial charge in [0.2, 0.25) is 6.73 Å². The van der Waals surface area contributed by atoms with Crippen molar-refractivity contribution in [3.8, 4) is 5.19 Å². The van der Waals surface area contributed by atoms with Crippen LogP contribution in [0, 0.1) is 0 Å². The summed E-state index contributed by atoms with van der Waals surface area (Å²) < 4.78 is 20.0. The number of rotatable bonds is 4. The molecule has 0 spiro atoms. The molecule has 0 amide bonds. The van der Waals surface area contributed by atoms with E-state index < -0.39 is 13.1 Å². The van der Waals surface area contributed by atoms with Gasteiger partial charge < -0.3 is 4.74 Å². The van der Waals surface area contributed by atoms with E-state index in [1.165, 1.54) is 7.11 Å². The molecule has 0 saturated heterocycles. The third kappa shape index (κ3) is 2.85. The molecule has 0 fully saturated rings. The number of hydrogen-bond donors (Lipinski definition) is 1. The zero-order valence-electron chi connectivity index (χ0n) is 6.54. The minimum atomic E-state index is -2.72. The van der Waals surface area contributed by atoms with Crippen LogP contribution in [0.1, 0.15) is 0 Å². The Morgan fingerprint density at radius 3 is 2.92 bits per heavy atom. The van der Waals surface area contributed by atoms with Crippen molar-refractivity contribution < 1.29 is 18.7 Å². The molecule has 9 heteroatoms. The summed E-state index contributed by atoms with van der Waals surface area (Å²) in [6, 6.07) is 0. The maximum absolute atomic E-state index is 11.0. The summed E-state index contributed by atoms with van der Waals surface area (Å²) >= 11 is 0.784. The number of hydrogen-bond acceptors (Lipinski definition) is 6. The monoisotopic (exact) mass is 225 g/mol. The van der Waals surface area contributed by atoms with Crippen molar-refractivity contribution in [2.75, 3.05) is 7.11 Å². The lowest BCUT2D eigenvalue weighted by Gasteiger charge is -1.89. The van der Waals surface area contributed by atoms with E-state index in [0.29, 0.717) is 0 Å². The fourth-order valence-corrected chi connectivity index (χ4v) is 1.33. The fraction of sp³-hybridized carbons (Fsp3) is 0.500. The highest BCUT2D eigenvalue weighted by Crippen LogP contribution is 2.15. The first kappa shape index (κ1) is 10.3. The molecule has 0 aliphatic rings. The Labute approximate surface area is 77.5 Å². The smallest absolute Gasteiger partial charge is 0.472 e. The second-order valence-electron chi connectivity index (χ2n) is 1.83. The van der Waals surface area contributed by atoms with E-state index in [1.807, 2.05) is 0 Å². The first-order valence-corrected chi connectivity index (χ1v) is 4.99. The Morgan fingerprint density at radius 1 is 1.77 bits per heavy atom. The van der Waals surface area contributed by atoms with Crippen LogP contribution in [0.2, 0.25) is 0 Å². The van der Waals surface area contributed by atoms with E-state index in [-0.39, 0.29) is 11.9 Å². The van der Waals surface area contributed by atoms with Crippen LogP contribution in [-0.4, -0.2) is 21.8 Å². The number of aromatic nitrogens is 2. The van der Waals surface area contributed by atoms with Crippen molar-refractivity contribution in [2.45, 2.75) is 6.73 Å². The van der Waals surface area contributed by atoms with Crippen molar-refractivity contribution in [2.24, 2.45) is 0 Å². The van der Waals surface area contributed by atoms with Crippen LogP contribution >= 0.6 is 19.6 Å². The lowest BCUT2D eigenvalue weighted by molar-refractivity contribution is 0.199. The van der Waals surface area contributed by atoms with E-state index in [0.717, 1.165) is 16.0 Å². The predicted octanol–water partition coefficient (Wildman–Crippen LogP) is -0.0628. The second kappa shape index (κ2) is 4.43. The first-order valence-electron chi connectivity index (χ1n) is 3.04. The van der Waals surface area contributed by atoms with Gasteiger partial charge in [-0.05, 0) is 11.3 Å². The molecule has 13 heavy (non-hydrogen) atoms. The molecule has 7 nitrogen and oxygen atoms in total. The van der Waals surface area contributed by atoms with Gasteiger partial charge in [-0.2, -0.15) is 4.68 Å². The molecule has 1 N–H and O–H groups in total. The lowest BCUT2D eigenvalue weighted by Crippen LogP contribution is -2.15. The highest BCUT2D eigenvalue weighted by Gasteiger charge is 2.15. The highest BCUT2D eigenvalue weighted by atomic mass is 32.1. The van der Waals surface area contributed by atoms with E-state index in [4.69, 9.17) is 4.89 Å². The Hall–Kier alpha value is -0.820. The average Bonchev–Trinajstić information content (AvgIpc) is 2.43. The molecule has 1 heterocycles. The zero-order chi connectivity index (χ0) is 9.84. The second-order valence-corrected chi connectivity index (χ2v) is 3.47. The topological polar surface area (TPSA) is 90.7 Å². The molecular weight excluding hydrogens is 219 g/mol. The van der Waals surface area contributed by atoms with Crippen LogP contribution < -0.4 is 9.61 Å². The molecule has 1 atom stereocenters. The third-order valence-electron chi connectivity index (χ3n) is 1.05. The first-order chi connectivity index (χ1) is 6.13. The lowest BCUT2D eigenvalue weighted by atomic mass is 11.2. The SMILES string of the molecule is COc1nn(CO[P+](=O)O)c(=O)s1. The number of nitrogens with zero attached hydrogens (tertiary/aromatic N) is 2. The van der Waals surface area contributed by atoms with Crippen LogP contribution in [0.25, 0.3) is 0 Å². The van der Waals surface area contributed by atoms with Gasteiger partial charge in [-0.25, -0.2) is 0 Å². The van der Waals surface area contributed by atoms with Crippen molar-refractivity contribution >= 4 is 19.6 Å². The summed E-state index contributed by atoms with van der Waals surface area (Å²) in [6.07, 6.45) is 0. The summed E-state index contributed by atoms with van der Waals surface area (Å²) in [6.45, 7) is -0.357. The Morgan fingerprint density at radius 2 is 2.46 bits per heavy atom. The Kier molecular flexibility index (Phi) is 3.49. The molecule has 72 valence electrons. The number of ether oxygens (including phenoxy) is 1. The average molecular weight is 225 g/mol. The predicted molar refractivity (Wildman–Crippen MR) is 43.8 cm³/mol. The van der Waals surface area contributed by atoms with Gasteiger partial charge >= 0.3 is 13.1 Å². The number of methoxy groups -OCH3 is 1. The molecule has 0 aliphatic heterocycles. The maximum atomic E-state index is 11.0. The maximum Gasteiger partial charge on any atom is 0.696 e. The van der Waals surface area contributed by atoms with Gasteiger partial charge in [-0.3, -0.25) is 4.79 Å². The van der Waals surface area contributed by atoms with Crippen LogP contribution in [-0.2, 0) is 15.8 Å². The fourth-order valence-electron chi connectivity index (χ4n) is 0.555. The van der Waals surface area contributed by atoms with Crippen molar-refractivity contribution in [1.29, 1.82) is 0 Å². The molecule has 0 radical (unpaired) electrons. The van der Waals surface area contributed by atoms with Crippen LogP contribution in [0.15, 0.2) is 4.79 Å². The molecule has 1 aromatic heterocycles. The Bertz CT molecular complexity index is 360. The molecule has 0 bridgehead atoms. The van der Waals surface area contributed by atoms with Gasteiger partial charge in [0, 0.05) is 4.57 Å². The van der Waals surface area contributed by atoms with Crippen LogP contribution in [0.5, 0.6) is 5.19 Å². The summed E-state index contributed by atoms with van der Waals surface area (Å²) in [7, 11) is -1.35. The van der Waals surface area contributed by atoms with E-state index >= 15 is 0 Å². The van der Waals surface area contributed by atoms with Crippen LogP contribution in [0.3, 0.4) is 0 Å². The van der Waals surface area contributed by atoms with Gasteiger partial charge in [0.05, 0.1) is 7.11 Å². The van der Waals surface area contributed by atoms with E-state index in [1.54, 1.807) is 0 Å². The van der Waals surface area contributed by atoms with Gasteiger partial charge in [0.1, 0.15) is 0 Å². The van der Waals surface area contributed by atoms with Gasteiger partial charge in [0.25, 0.3) is 5.19 Å². The van der Waals surface area contributed by atoms with Gasteiger partial charge in [-0.1, -0.05) is 4.52 Å². The minimum Gasteiger partial charge on any atom is -0.472 e. The molecule has 1 aromatic rings. The van der Waals surface area contributed by atoms with Crippen LogP contribution in [0.4, 0.5) is 0 Å². The normalized spacial score (nSPS) is 11.4. The van der Waals surface area contributed by atoms with Gasteiger partial charge in [0.15, 0.2) is 0 Å². The molecule has 1 unspecified atom stereocenters. The summed E-state index contributed by atoms with van der Waals surface area (Å²) in [5.74, 6) is 0. The summed E-state index contributed by atoms with van der Waals surface area (Å²) in [5, 5.41) is 3.82. The molecule has 0 saturated carbocycles. The largest absolute Gasteiger partial charge is 0.696 e. The van der Waals surface area contributed by atoms with E-state index in [2.05, 4.69) is 14.4 Å². The van der Waals surface area contributed by atoms with Crippen molar-refractivity contribution in [3.05, 3.63) is 9.67 Å². The van der Waals surface area contributed by atoms with Crippen molar-refractivity contribution in [3.63, 3.8) is 0 Å². The molecule has 0 aromatic carbocycles. The minimum absolute atomic E-state index is 0.182.